The number of nitrogens with one attached hydrogen (secondary N) is 2. The van der Waals surface area contributed by atoms with Crippen molar-refractivity contribution in [1.29, 1.82) is 0 Å². The summed E-state index contributed by atoms with van der Waals surface area (Å²) < 4.78 is 0. The van der Waals surface area contributed by atoms with Gasteiger partial charge in [-0.15, -0.1) is 0 Å². The van der Waals surface area contributed by atoms with Crippen molar-refractivity contribution < 1.29 is 4.79 Å². The highest BCUT2D eigenvalue weighted by molar-refractivity contribution is 5.89. The van der Waals surface area contributed by atoms with Gasteiger partial charge in [-0.05, 0) is 50.5 Å². The zero-order valence-corrected chi connectivity index (χ0v) is 14.2. The highest BCUT2D eigenvalue weighted by Crippen LogP contribution is 2.28. The minimum atomic E-state index is -0.134. The highest BCUT2D eigenvalue weighted by Gasteiger charge is 2.31. The summed E-state index contributed by atoms with van der Waals surface area (Å²) in [4.78, 5) is 16.9. The number of urea groups is 1. The fourth-order valence-electron chi connectivity index (χ4n) is 3.03. The lowest BCUT2D eigenvalue weighted by Crippen LogP contribution is -2.47. The highest BCUT2D eigenvalue weighted by atomic mass is 16.2. The van der Waals surface area contributed by atoms with Crippen LogP contribution < -0.4 is 15.5 Å². The second-order valence-corrected chi connectivity index (χ2v) is 6.71. The van der Waals surface area contributed by atoms with E-state index in [0.717, 1.165) is 31.2 Å². The van der Waals surface area contributed by atoms with Crippen LogP contribution >= 0.6 is 0 Å². The van der Waals surface area contributed by atoms with E-state index in [4.69, 9.17) is 0 Å². The average molecular weight is 316 g/mol. The Balaban J connectivity index is 1.50. The molecule has 126 valence electrons. The van der Waals surface area contributed by atoms with Crippen molar-refractivity contribution in [3.8, 4) is 0 Å². The number of carbonyl (C=O) groups excluding carboxylic acids is 1. The van der Waals surface area contributed by atoms with E-state index in [1.165, 1.54) is 31.6 Å². The molecule has 1 aliphatic carbocycles. The third-order valence-corrected chi connectivity index (χ3v) is 4.86. The minimum absolute atomic E-state index is 0.134. The molecular formula is C18H28N4O. The smallest absolute Gasteiger partial charge is 0.319 e. The molecule has 2 N–H and O–H groups in total. The molecule has 1 aromatic carbocycles. The number of piperazine rings is 1. The quantitative estimate of drug-likeness (QED) is 0.878. The third-order valence-electron chi connectivity index (χ3n) is 4.86. The first kappa shape index (κ1) is 16.1. The second-order valence-electron chi connectivity index (χ2n) is 6.71. The molecule has 0 bridgehead atoms. The maximum Gasteiger partial charge on any atom is 0.319 e. The monoisotopic (exact) mass is 316 g/mol. The summed E-state index contributed by atoms with van der Waals surface area (Å²) in [6.45, 7) is 8.59. The predicted molar refractivity (Wildman–Crippen MR) is 95.2 cm³/mol. The molecule has 2 amide bonds. The van der Waals surface area contributed by atoms with E-state index >= 15 is 0 Å². The number of hydrogen-bond acceptors (Lipinski definition) is 3. The van der Waals surface area contributed by atoms with E-state index in [-0.39, 0.29) is 12.1 Å². The number of carbonyl (C=O) groups is 1. The summed E-state index contributed by atoms with van der Waals surface area (Å²) in [5, 5.41) is 5.80. The fourth-order valence-corrected chi connectivity index (χ4v) is 3.03. The average Bonchev–Trinajstić information content (AvgIpc) is 3.40. The van der Waals surface area contributed by atoms with E-state index in [1.807, 2.05) is 19.1 Å². The first-order valence-electron chi connectivity index (χ1n) is 8.82. The van der Waals surface area contributed by atoms with Crippen LogP contribution in [0.2, 0.25) is 0 Å². The van der Waals surface area contributed by atoms with Gasteiger partial charge in [-0.2, -0.15) is 0 Å². The molecule has 0 aromatic heterocycles. The van der Waals surface area contributed by atoms with Gasteiger partial charge in [0.25, 0.3) is 0 Å². The minimum Gasteiger partial charge on any atom is -0.369 e. The van der Waals surface area contributed by atoms with Gasteiger partial charge < -0.3 is 15.5 Å². The molecule has 1 heterocycles. The lowest BCUT2D eigenvalue weighted by Gasteiger charge is -2.36. The van der Waals surface area contributed by atoms with Crippen LogP contribution in [0.4, 0.5) is 16.2 Å². The Morgan fingerprint density at radius 1 is 1.17 bits per heavy atom. The van der Waals surface area contributed by atoms with E-state index in [9.17, 15) is 4.79 Å². The molecular weight excluding hydrogens is 288 g/mol. The summed E-state index contributed by atoms with van der Waals surface area (Å²) in [5.74, 6) is 0. The molecule has 1 saturated heterocycles. The topological polar surface area (TPSA) is 47.6 Å². The van der Waals surface area contributed by atoms with Crippen molar-refractivity contribution in [3.05, 3.63) is 24.3 Å². The Labute approximate surface area is 139 Å². The van der Waals surface area contributed by atoms with Crippen LogP contribution in [0, 0.1) is 0 Å². The maximum absolute atomic E-state index is 11.8. The molecule has 1 saturated carbocycles. The Bertz CT molecular complexity index is 518. The summed E-state index contributed by atoms with van der Waals surface area (Å²) in [5.41, 5.74) is 2.08. The van der Waals surface area contributed by atoms with Gasteiger partial charge in [-0.25, -0.2) is 4.79 Å². The van der Waals surface area contributed by atoms with Gasteiger partial charge in [-0.3, -0.25) is 4.90 Å². The van der Waals surface area contributed by atoms with Crippen molar-refractivity contribution in [2.75, 3.05) is 36.4 Å². The van der Waals surface area contributed by atoms with Crippen molar-refractivity contribution >= 4 is 17.4 Å². The molecule has 5 nitrogen and oxygen atoms in total. The van der Waals surface area contributed by atoms with Crippen molar-refractivity contribution in [1.82, 2.24) is 10.2 Å². The molecule has 3 rings (SSSR count). The summed E-state index contributed by atoms with van der Waals surface area (Å²) in [6.07, 6.45) is 3.71. The van der Waals surface area contributed by atoms with Gasteiger partial charge in [0, 0.05) is 49.6 Å². The molecule has 0 radical (unpaired) electrons. The lowest BCUT2D eigenvalue weighted by molar-refractivity contribution is 0.248. The van der Waals surface area contributed by atoms with Gasteiger partial charge >= 0.3 is 6.03 Å². The van der Waals surface area contributed by atoms with E-state index in [2.05, 4.69) is 39.5 Å². The first-order valence-corrected chi connectivity index (χ1v) is 8.82. The second kappa shape index (κ2) is 7.21. The van der Waals surface area contributed by atoms with Crippen LogP contribution in [0.1, 0.15) is 33.1 Å². The molecule has 1 unspecified atom stereocenters. The largest absolute Gasteiger partial charge is 0.369 e. The standard InChI is InChI=1S/C18H28N4O/c1-3-14(2)19-18(23)20-15-4-6-16(7-5-15)21-10-12-22(13-11-21)17-8-9-17/h4-7,14,17H,3,8-13H2,1-2H3,(H2,19,20,23). The Hall–Kier alpha value is -1.75. The number of benzene rings is 1. The van der Waals surface area contributed by atoms with Gasteiger partial charge in [0.1, 0.15) is 0 Å². The van der Waals surface area contributed by atoms with E-state index < -0.39 is 0 Å². The maximum atomic E-state index is 11.8. The molecule has 0 spiro atoms. The Kier molecular flexibility index (Phi) is 5.06. The molecule has 5 heteroatoms. The zero-order chi connectivity index (χ0) is 16.2. The molecule has 23 heavy (non-hydrogen) atoms. The molecule has 1 aromatic rings. The Morgan fingerprint density at radius 2 is 1.83 bits per heavy atom. The number of anilines is 2. The van der Waals surface area contributed by atoms with Crippen LogP contribution in [-0.4, -0.2) is 49.2 Å². The first-order chi connectivity index (χ1) is 11.2. The summed E-state index contributed by atoms with van der Waals surface area (Å²) >= 11 is 0. The molecule has 2 fully saturated rings. The van der Waals surface area contributed by atoms with Crippen LogP contribution in [0.3, 0.4) is 0 Å². The van der Waals surface area contributed by atoms with Crippen molar-refractivity contribution in [2.24, 2.45) is 0 Å². The van der Waals surface area contributed by atoms with Crippen LogP contribution in [0.15, 0.2) is 24.3 Å². The van der Waals surface area contributed by atoms with E-state index in [0.29, 0.717) is 0 Å². The summed E-state index contributed by atoms with van der Waals surface area (Å²) in [6, 6.07) is 9.10. The predicted octanol–water partition coefficient (Wildman–Crippen LogP) is 2.89. The SMILES string of the molecule is CCC(C)NC(=O)Nc1ccc(N2CCN(C3CC3)CC2)cc1. The van der Waals surface area contributed by atoms with Gasteiger partial charge in [0.05, 0.1) is 0 Å². The van der Waals surface area contributed by atoms with Crippen LogP contribution in [0.5, 0.6) is 0 Å². The summed E-state index contributed by atoms with van der Waals surface area (Å²) in [7, 11) is 0. The number of rotatable bonds is 5. The number of amides is 2. The van der Waals surface area contributed by atoms with Crippen molar-refractivity contribution in [3.63, 3.8) is 0 Å². The van der Waals surface area contributed by atoms with Gasteiger partial charge in [-0.1, -0.05) is 6.92 Å². The lowest BCUT2D eigenvalue weighted by atomic mass is 10.2. The van der Waals surface area contributed by atoms with Crippen LogP contribution in [-0.2, 0) is 0 Å². The van der Waals surface area contributed by atoms with Gasteiger partial charge in [0.2, 0.25) is 0 Å². The molecule has 1 aliphatic heterocycles. The fraction of sp³-hybridized carbons (Fsp3) is 0.611. The van der Waals surface area contributed by atoms with Crippen LogP contribution in [0.25, 0.3) is 0 Å². The van der Waals surface area contributed by atoms with E-state index in [1.54, 1.807) is 0 Å². The molecule has 1 atom stereocenters. The third kappa shape index (κ3) is 4.38. The molecule has 2 aliphatic rings. The Morgan fingerprint density at radius 3 is 2.39 bits per heavy atom. The number of hydrogen-bond donors (Lipinski definition) is 2. The zero-order valence-electron chi connectivity index (χ0n) is 14.2. The van der Waals surface area contributed by atoms with Gasteiger partial charge in [0.15, 0.2) is 0 Å². The number of nitrogens with zero attached hydrogens (tertiary/aromatic N) is 2. The van der Waals surface area contributed by atoms with Crippen molar-refractivity contribution in [2.45, 2.75) is 45.2 Å². The normalized spacial score (nSPS) is 20.2.